The van der Waals surface area contributed by atoms with Gasteiger partial charge < -0.3 is 5.11 Å². The van der Waals surface area contributed by atoms with Crippen molar-refractivity contribution in [1.82, 2.24) is 9.55 Å². The Labute approximate surface area is 80.4 Å². The zero-order valence-corrected chi connectivity index (χ0v) is 7.61. The van der Waals surface area contributed by atoms with E-state index in [1.54, 1.807) is 0 Å². The van der Waals surface area contributed by atoms with Crippen molar-refractivity contribution in [3.8, 4) is 0 Å². The summed E-state index contributed by atoms with van der Waals surface area (Å²) in [5.74, 6) is -1.46. The molecule has 0 saturated carbocycles. The predicted molar refractivity (Wildman–Crippen MR) is 46.6 cm³/mol. The van der Waals surface area contributed by atoms with Gasteiger partial charge in [0.1, 0.15) is 0 Å². The number of hydrogen-bond acceptors (Lipinski definition) is 2. The van der Waals surface area contributed by atoms with Gasteiger partial charge >= 0.3 is 5.97 Å². The molecule has 76 valence electrons. The Morgan fingerprint density at radius 3 is 3.00 bits per heavy atom. The average Bonchev–Trinajstić information content (AvgIpc) is 2.60. The average molecular weight is 198 g/mol. The maximum Gasteiger partial charge on any atom is 0.359 e. The van der Waals surface area contributed by atoms with Crippen LogP contribution in [0.15, 0.2) is 6.33 Å². The summed E-state index contributed by atoms with van der Waals surface area (Å²) in [6, 6.07) is 0. The van der Waals surface area contributed by atoms with Crippen LogP contribution in [-0.4, -0.2) is 20.6 Å². The third-order valence-electron chi connectivity index (χ3n) is 2.51. The van der Waals surface area contributed by atoms with Crippen LogP contribution in [0.4, 0.5) is 4.39 Å². The number of fused-ring (bicyclic) bond motifs is 1. The van der Waals surface area contributed by atoms with Gasteiger partial charge in [-0.05, 0) is 25.7 Å². The zero-order chi connectivity index (χ0) is 10.1. The Morgan fingerprint density at radius 2 is 2.29 bits per heavy atom. The first-order chi connectivity index (χ1) is 6.70. The highest BCUT2D eigenvalue weighted by Gasteiger charge is 2.24. The standard InChI is InChI=1S/C9H11FN2O2/c10-8(9(13)14)12-5-11-6-3-1-2-4-7(6)12/h5,8H,1-4H2,(H,13,14). The maximum absolute atomic E-state index is 13.2. The molecular formula is C9H11FN2O2. The zero-order valence-electron chi connectivity index (χ0n) is 7.61. The summed E-state index contributed by atoms with van der Waals surface area (Å²) in [6.07, 6.45) is 2.87. The Bertz CT molecular complexity index is 362. The van der Waals surface area contributed by atoms with E-state index in [0.717, 1.165) is 41.6 Å². The van der Waals surface area contributed by atoms with Crippen LogP contribution in [0.5, 0.6) is 0 Å². The van der Waals surface area contributed by atoms with Gasteiger partial charge in [-0.25, -0.2) is 14.2 Å². The molecule has 0 aromatic carbocycles. The quantitative estimate of drug-likeness (QED) is 0.779. The van der Waals surface area contributed by atoms with Gasteiger partial charge in [-0.2, -0.15) is 0 Å². The second-order valence-electron chi connectivity index (χ2n) is 3.43. The van der Waals surface area contributed by atoms with Crippen molar-refractivity contribution in [2.24, 2.45) is 0 Å². The summed E-state index contributed by atoms with van der Waals surface area (Å²) in [7, 11) is 0. The lowest BCUT2D eigenvalue weighted by atomic mass is 10.0. The molecule has 1 aliphatic carbocycles. The van der Waals surface area contributed by atoms with Crippen LogP contribution >= 0.6 is 0 Å². The fraction of sp³-hybridized carbons (Fsp3) is 0.556. The Balaban J connectivity index is 2.34. The van der Waals surface area contributed by atoms with Gasteiger partial charge in [-0.3, -0.25) is 4.57 Å². The number of aliphatic carboxylic acids is 1. The van der Waals surface area contributed by atoms with E-state index in [0.29, 0.717) is 0 Å². The van der Waals surface area contributed by atoms with Crippen LogP contribution in [0.25, 0.3) is 0 Å². The second kappa shape index (κ2) is 3.40. The number of rotatable bonds is 2. The number of carboxylic acids is 1. The van der Waals surface area contributed by atoms with Crippen molar-refractivity contribution in [2.45, 2.75) is 32.0 Å². The van der Waals surface area contributed by atoms with Crippen LogP contribution < -0.4 is 0 Å². The first-order valence-electron chi connectivity index (χ1n) is 4.61. The molecule has 1 aliphatic rings. The Hall–Kier alpha value is -1.39. The predicted octanol–water partition coefficient (Wildman–Crippen LogP) is 1.31. The number of halogens is 1. The number of aromatic nitrogens is 2. The molecule has 1 aromatic rings. The summed E-state index contributed by atoms with van der Waals surface area (Å²) < 4.78 is 14.3. The lowest BCUT2D eigenvalue weighted by molar-refractivity contribution is -0.146. The molecule has 0 amide bonds. The minimum atomic E-state index is -2.00. The molecule has 1 unspecified atom stereocenters. The summed E-state index contributed by atoms with van der Waals surface area (Å²) in [5.41, 5.74) is 1.59. The fourth-order valence-corrected chi connectivity index (χ4v) is 1.81. The third-order valence-corrected chi connectivity index (χ3v) is 2.51. The van der Waals surface area contributed by atoms with E-state index in [4.69, 9.17) is 5.11 Å². The minimum absolute atomic E-state index is 0.725. The van der Waals surface area contributed by atoms with E-state index in [1.807, 2.05) is 0 Å². The van der Waals surface area contributed by atoms with Crippen molar-refractivity contribution in [3.63, 3.8) is 0 Å². The molecule has 1 N–H and O–H groups in total. The maximum atomic E-state index is 13.2. The third kappa shape index (κ3) is 1.38. The van der Waals surface area contributed by atoms with Crippen LogP contribution in [0.2, 0.25) is 0 Å². The van der Waals surface area contributed by atoms with Crippen LogP contribution in [0.3, 0.4) is 0 Å². The number of imidazole rings is 1. The summed E-state index contributed by atoms with van der Waals surface area (Å²) in [6.45, 7) is 0. The van der Waals surface area contributed by atoms with Gasteiger partial charge in [0.25, 0.3) is 6.30 Å². The number of carbonyl (C=O) groups is 1. The highest BCUT2D eigenvalue weighted by atomic mass is 19.1. The molecule has 2 rings (SSSR count). The molecular weight excluding hydrogens is 187 g/mol. The molecule has 1 aromatic heterocycles. The van der Waals surface area contributed by atoms with Crippen LogP contribution in [0, 0.1) is 0 Å². The largest absolute Gasteiger partial charge is 0.478 e. The normalized spacial score (nSPS) is 17.5. The van der Waals surface area contributed by atoms with Gasteiger partial charge in [0.2, 0.25) is 0 Å². The molecule has 1 atom stereocenters. The van der Waals surface area contributed by atoms with Gasteiger partial charge in [-0.1, -0.05) is 0 Å². The summed E-state index contributed by atoms with van der Waals surface area (Å²) >= 11 is 0. The first kappa shape index (κ1) is 9.18. The number of hydrogen-bond donors (Lipinski definition) is 1. The van der Waals surface area contributed by atoms with Gasteiger partial charge in [0, 0.05) is 5.69 Å². The second-order valence-corrected chi connectivity index (χ2v) is 3.43. The summed E-state index contributed by atoms with van der Waals surface area (Å²) in [5, 5.41) is 8.53. The molecule has 5 heteroatoms. The molecule has 14 heavy (non-hydrogen) atoms. The van der Waals surface area contributed by atoms with E-state index in [-0.39, 0.29) is 0 Å². The van der Waals surface area contributed by atoms with E-state index < -0.39 is 12.3 Å². The van der Waals surface area contributed by atoms with Gasteiger partial charge in [0.05, 0.1) is 12.0 Å². The Morgan fingerprint density at radius 1 is 1.57 bits per heavy atom. The van der Waals surface area contributed by atoms with Crippen molar-refractivity contribution < 1.29 is 14.3 Å². The number of nitrogens with zero attached hydrogens (tertiary/aromatic N) is 2. The minimum Gasteiger partial charge on any atom is -0.478 e. The Kier molecular flexibility index (Phi) is 2.23. The fourth-order valence-electron chi connectivity index (χ4n) is 1.81. The first-order valence-corrected chi connectivity index (χ1v) is 4.61. The van der Waals surface area contributed by atoms with Crippen molar-refractivity contribution in [3.05, 3.63) is 17.7 Å². The van der Waals surface area contributed by atoms with E-state index in [9.17, 15) is 9.18 Å². The molecule has 0 bridgehead atoms. The highest BCUT2D eigenvalue weighted by Crippen LogP contribution is 2.23. The van der Waals surface area contributed by atoms with Crippen LogP contribution in [-0.2, 0) is 17.6 Å². The van der Waals surface area contributed by atoms with Crippen LogP contribution in [0.1, 0.15) is 30.5 Å². The van der Waals surface area contributed by atoms with Crippen molar-refractivity contribution in [1.29, 1.82) is 0 Å². The molecule has 0 radical (unpaired) electrons. The smallest absolute Gasteiger partial charge is 0.359 e. The summed E-state index contributed by atoms with van der Waals surface area (Å²) in [4.78, 5) is 14.5. The molecule has 0 fully saturated rings. The molecule has 0 spiro atoms. The van der Waals surface area contributed by atoms with E-state index >= 15 is 0 Å². The van der Waals surface area contributed by atoms with Crippen molar-refractivity contribution >= 4 is 5.97 Å². The van der Waals surface area contributed by atoms with E-state index in [2.05, 4.69) is 4.98 Å². The topological polar surface area (TPSA) is 55.1 Å². The lowest BCUT2D eigenvalue weighted by Crippen LogP contribution is -2.17. The molecule has 0 aliphatic heterocycles. The van der Waals surface area contributed by atoms with E-state index in [1.165, 1.54) is 6.33 Å². The van der Waals surface area contributed by atoms with Crippen molar-refractivity contribution in [2.75, 3.05) is 0 Å². The van der Waals surface area contributed by atoms with Gasteiger partial charge in [-0.15, -0.1) is 0 Å². The molecule has 0 saturated heterocycles. The number of aryl methyl sites for hydroxylation is 1. The SMILES string of the molecule is O=C(O)C(F)n1cnc2c1CCCC2. The molecule has 1 heterocycles. The number of carboxylic acid groups (broad SMARTS) is 1. The highest BCUT2D eigenvalue weighted by molar-refractivity contribution is 5.70. The lowest BCUT2D eigenvalue weighted by Gasteiger charge is -2.14. The molecule has 4 nitrogen and oxygen atoms in total. The van der Waals surface area contributed by atoms with Gasteiger partial charge in [0.15, 0.2) is 0 Å². The monoisotopic (exact) mass is 198 g/mol. The number of alkyl halides is 1.